The third-order valence-corrected chi connectivity index (χ3v) is 2.68. The van der Waals surface area contributed by atoms with Gasteiger partial charge in [0.05, 0.1) is 18.2 Å². The molecule has 0 radical (unpaired) electrons. The summed E-state index contributed by atoms with van der Waals surface area (Å²) in [7, 11) is 1.98. The maximum absolute atomic E-state index is 9.16. The fourth-order valence-corrected chi connectivity index (χ4v) is 1.64. The summed E-state index contributed by atoms with van der Waals surface area (Å²) < 4.78 is 1.98. The number of aromatic nitrogens is 2. The number of phenolic OH excluding ortho intramolecular Hbond substituents is 1. The van der Waals surface area contributed by atoms with E-state index in [9.17, 15) is 0 Å². The van der Waals surface area contributed by atoms with Crippen LogP contribution in [-0.2, 0) is 13.5 Å². The number of aryl methyl sites for hydroxylation is 2. The van der Waals surface area contributed by atoms with Gasteiger partial charge in [0.25, 0.3) is 0 Å². The Balaban J connectivity index is 1.85. The second-order valence-electron chi connectivity index (χ2n) is 4.04. The molecule has 1 aromatic heterocycles. The van der Waals surface area contributed by atoms with Crippen LogP contribution >= 0.6 is 0 Å². The number of hydrogen-bond acceptors (Lipinski definition) is 2. The smallest absolute Gasteiger partial charge is 0.115 e. The zero-order valence-electron chi connectivity index (χ0n) is 9.87. The topological polar surface area (TPSA) is 38.0 Å². The molecule has 88 valence electrons. The number of hydrogen-bond donors (Lipinski definition) is 1. The van der Waals surface area contributed by atoms with Crippen molar-refractivity contribution < 1.29 is 5.11 Å². The molecule has 0 saturated heterocycles. The lowest BCUT2D eigenvalue weighted by atomic mass is 10.1. The summed E-state index contributed by atoms with van der Waals surface area (Å²) in [6.45, 7) is 0. The van der Waals surface area contributed by atoms with E-state index >= 15 is 0 Å². The molecule has 0 amide bonds. The predicted octanol–water partition coefficient (Wildman–Crippen LogP) is 2.77. The molecule has 0 aliphatic rings. The maximum Gasteiger partial charge on any atom is 0.115 e. The third kappa shape index (κ3) is 3.21. The zero-order valence-corrected chi connectivity index (χ0v) is 9.87. The molecular weight excluding hydrogens is 212 g/mol. The molecule has 3 nitrogen and oxygen atoms in total. The van der Waals surface area contributed by atoms with Gasteiger partial charge in [-0.1, -0.05) is 18.2 Å². The highest BCUT2D eigenvalue weighted by atomic mass is 16.3. The number of benzene rings is 1. The Bertz CT molecular complexity index is 497. The molecule has 0 aliphatic heterocycles. The molecule has 0 saturated carbocycles. The van der Waals surface area contributed by atoms with Crippen LogP contribution < -0.4 is 0 Å². The highest BCUT2D eigenvalue weighted by molar-refractivity contribution is 5.43. The normalized spacial score (nSPS) is 11.1. The Hall–Kier alpha value is -2.03. The van der Waals surface area contributed by atoms with Crippen LogP contribution in [-0.4, -0.2) is 14.7 Å². The largest absolute Gasteiger partial charge is 0.508 e. The average Bonchev–Trinajstić information content (AvgIpc) is 2.73. The van der Waals surface area contributed by atoms with Crippen LogP contribution in [0.15, 0.2) is 42.9 Å². The van der Waals surface area contributed by atoms with Gasteiger partial charge in [0.1, 0.15) is 5.75 Å². The minimum Gasteiger partial charge on any atom is -0.508 e. The van der Waals surface area contributed by atoms with Gasteiger partial charge in [0, 0.05) is 7.05 Å². The minimum absolute atomic E-state index is 0.319. The molecule has 1 N–H and O–H groups in total. The minimum atomic E-state index is 0.319. The van der Waals surface area contributed by atoms with Gasteiger partial charge in [-0.15, -0.1) is 0 Å². The van der Waals surface area contributed by atoms with E-state index in [4.69, 9.17) is 5.11 Å². The lowest BCUT2D eigenvalue weighted by molar-refractivity contribution is 0.475. The fourth-order valence-electron chi connectivity index (χ4n) is 1.64. The number of allylic oxidation sites excluding steroid dienone is 1. The fraction of sp³-hybridized carbons (Fsp3) is 0.214. The summed E-state index contributed by atoms with van der Waals surface area (Å²) in [5, 5.41) is 9.16. The number of imidazole rings is 1. The van der Waals surface area contributed by atoms with Crippen molar-refractivity contribution in [2.45, 2.75) is 12.8 Å². The molecule has 0 atom stereocenters. The first kappa shape index (κ1) is 11.5. The quantitative estimate of drug-likeness (QED) is 0.873. The molecule has 2 aromatic rings. The first-order valence-electron chi connectivity index (χ1n) is 5.66. The van der Waals surface area contributed by atoms with Gasteiger partial charge in [0.15, 0.2) is 0 Å². The van der Waals surface area contributed by atoms with Gasteiger partial charge in [-0.3, -0.25) is 0 Å². The van der Waals surface area contributed by atoms with Crippen molar-refractivity contribution in [2.24, 2.45) is 7.05 Å². The molecule has 0 fully saturated rings. The van der Waals surface area contributed by atoms with Gasteiger partial charge in [0.2, 0.25) is 0 Å². The lowest BCUT2D eigenvalue weighted by Gasteiger charge is -1.98. The van der Waals surface area contributed by atoms with Gasteiger partial charge >= 0.3 is 0 Å². The Labute approximate surface area is 101 Å². The van der Waals surface area contributed by atoms with Crippen LogP contribution in [0.1, 0.15) is 17.7 Å². The average molecular weight is 228 g/mol. The molecule has 0 bridgehead atoms. The molecule has 0 aliphatic carbocycles. The van der Waals surface area contributed by atoms with Gasteiger partial charge in [-0.25, -0.2) is 4.98 Å². The second-order valence-corrected chi connectivity index (χ2v) is 4.04. The van der Waals surface area contributed by atoms with Crippen LogP contribution in [0.2, 0.25) is 0 Å². The predicted molar refractivity (Wildman–Crippen MR) is 68.7 cm³/mol. The van der Waals surface area contributed by atoms with Crippen molar-refractivity contribution in [3.05, 3.63) is 54.1 Å². The molecule has 3 heteroatoms. The number of rotatable bonds is 4. The van der Waals surface area contributed by atoms with Crippen LogP contribution in [0.3, 0.4) is 0 Å². The molecular formula is C14H16N2O. The zero-order chi connectivity index (χ0) is 12.1. The molecule has 2 rings (SSSR count). The van der Waals surface area contributed by atoms with Crippen LogP contribution in [0.25, 0.3) is 6.08 Å². The molecule has 1 heterocycles. The van der Waals surface area contributed by atoms with Crippen molar-refractivity contribution in [1.29, 1.82) is 0 Å². The van der Waals surface area contributed by atoms with Crippen molar-refractivity contribution >= 4 is 6.08 Å². The SMILES string of the molecule is Cn1cncc1/C=C\CCc1ccc(O)cc1. The molecule has 0 spiro atoms. The summed E-state index contributed by atoms with van der Waals surface area (Å²) >= 11 is 0. The van der Waals surface area contributed by atoms with E-state index in [0.29, 0.717) is 5.75 Å². The standard InChI is InChI=1S/C14H16N2O/c1-16-11-15-10-13(16)5-3-2-4-12-6-8-14(17)9-7-12/h3,5-11,17H,2,4H2,1H3/b5-3-. The van der Waals surface area contributed by atoms with Crippen molar-refractivity contribution in [2.75, 3.05) is 0 Å². The number of nitrogens with zero attached hydrogens (tertiary/aromatic N) is 2. The Morgan fingerprint density at radius 2 is 2.06 bits per heavy atom. The van der Waals surface area contributed by atoms with E-state index in [2.05, 4.69) is 17.1 Å². The van der Waals surface area contributed by atoms with Gasteiger partial charge in [-0.2, -0.15) is 0 Å². The van der Waals surface area contributed by atoms with Gasteiger partial charge in [-0.05, 0) is 36.6 Å². The monoisotopic (exact) mass is 228 g/mol. The van der Waals surface area contributed by atoms with Crippen LogP contribution in [0.5, 0.6) is 5.75 Å². The highest BCUT2D eigenvalue weighted by Crippen LogP contribution is 2.11. The Morgan fingerprint density at radius 1 is 1.29 bits per heavy atom. The maximum atomic E-state index is 9.16. The molecule has 0 unspecified atom stereocenters. The second kappa shape index (κ2) is 5.34. The highest BCUT2D eigenvalue weighted by Gasteiger charge is 1.93. The van der Waals surface area contributed by atoms with Crippen LogP contribution in [0, 0.1) is 0 Å². The number of phenols is 1. The summed E-state index contributed by atoms with van der Waals surface area (Å²) in [5.74, 6) is 0.319. The van der Waals surface area contributed by atoms with E-state index in [0.717, 1.165) is 18.5 Å². The number of aromatic hydroxyl groups is 1. The van der Waals surface area contributed by atoms with E-state index in [1.54, 1.807) is 18.5 Å². The lowest BCUT2D eigenvalue weighted by Crippen LogP contribution is -1.87. The Kier molecular flexibility index (Phi) is 3.60. The Morgan fingerprint density at radius 3 is 2.71 bits per heavy atom. The van der Waals surface area contributed by atoms with E-state index in [1.165, 1.54) is 5.56 Å². The van der Waals surface area contributed by atoms with Crippen molar-refractivity contribution in [3.63, 3.8) is 0 Å². The van der Waals surface area contributed by atoms with E-state index < -0.39 is 0 Å². The van der Waals surface area contributed by atoms with Crippen molar-refractivity contribution in [3.8, 4) is 5.75 Å². The molecule has 17 heavy (non-hydrogen) atoms. The van der Waals surface area contributed by atoms with Gasteiger partial charge < -0.3 is 9.67 Å². The first-order valence-corrected chi connectivity index (χ1v) is 5.66. The summed E-state index contributed by atoms with van der Waals surface area (Å²) in [5.41, 5.74) is 2.34. The van der Waals surface area contributed by atoms with Crippen LogP contribution in [0.4, 0.5) is 0 Å². The molecule has 1 aromatic carbocycles. The summed E-state index contributed by atoms with van der Waals surface area (Å²) in [4.78, 5) is 4.05. The van der Waals surface area contributed by atoms with Crippen molar-refractivity contribution in [1.82, 2.24) is 9.55 Å². The summed E-state index contributed by atoms with van der Waals surface area (Å²) in [6.07, 6.45) is 9.82. The first-order chi connectivity index (χ1) is 8.25. The van der Waals surface area contributed by atoms with E-state index in [1.807, 2.05) is 29.9 Å². The summed E-state index contributed by atoms with van der Waals surface area (Å²) in [6, 6.07) is 7.35. The third-order valence-electron chi connectivity index (χ3n) is 2.68. The van der Waals surface area contributed by atoms with E-state index in [-0.39, 0.29) is 0 Å².